The number of ether oxygens (including phenoxy) is 1. The Morgan fingerprint density at radius 2 is 2.30 bits per heavy atom. The third kappa shape index (κ3) is 2.67. The maximum absolute atomic E-state index is 6.36. The molecule has 1 fully saturated rings. The van der Waals surface area contributed by atoms with Crippen LogP contribution in [0.1, 0.15) is 42.4 Å². The lowest BCUT2D eigenvalue weighted by Crippen LogP contribution is -2.40. The number of benzene rings is 1. The van der Waals surface area contributed by atoms with Crippen LogP contribution in [0.2, 0.25) is 5.02 Å². The van der Waals surface area contributed by atoms with Crippen LogP contribution in [0.15, 0.2) is 24.5 Å². The fraction of sp³-hybridized carbons (Fsp3) is 0.529. The summed E-state index contributed by atoms with van der Waals surface area (Å²) in [5.41, 5.74) is 2.70. The summed E-state index contributed by atoms with van der Waals surface area (Å²) in [7, 11) is 0. The molecule has 23 heavy (non-hydrogen) atoms. The van der Waals surface area contributed by atoms with Gasteiger partial charge >= 0.3 is 0 Å². The second-order valence-corrected chi connectivity index (χ2v) is 6.60. The molecule has 1 aliphatic heterocycles. The van der Waals surface area contributed by atoms with Crippen molar-refractivity contribution < 1.29 is 4.74 Å². The number of fused-ring (bicyclic) bond motifs is 1. The van der Waals surface area contributed by atoms with E-state index in [1.165, 1.54) is 11.1 Å². The molecule has 122 valence electrons. The molecular formula is C17H21ClN4O. The van der Waals surface area contributed by atoms with E-state index in [9.17, 15) is 0 Å². The van der Waals surface area contributed by atoms with Crippen LogP contribution in [-0.4, -0.2) is 39.4 Å². The average molecular weight is 333 g/mol. The molecule has 5 nitrogen and oxygen atoms in total. The van der Waals surface area contributed by atoms with Gasteiger partial charge in [-0.1, -0.05) is 23.7 Å². The summed E-state index contributed by atoms with van der Waals surface area (Å²) < 4.78 is 8.04. The number of nitrogens with zero attached hydrogens (tertiary/aromatic N) is 4. The van der Waals surface area contributed by atoms with Gasteiger partial charge in [0.2, 0.25) is 0 Å². The van der Waals surface area contributed by atoms with Crippen molar-refractivity contribution in [2.75, 3.05) is 19.7 Å². The van der Waals surface area contributed by atoms with Crippen molar-refractivity contribution in [3.8, 4) is 0 Å². The van der Waals surface area contributed by atoms with Gasteiger partial charge in [-0.05, 0) is 37.0 Å². The second-order valence-electron chi connectivity index (χ2n) is 6.19. The molecule has 2 heterocycles. The normalized spacial score (nSPS) is 24.8. The Bertz CT molecular complexity index is 702. The quantitative estimate of drug-likeness (QED) is 0.866. The van der Waals surface area contributed by atoms with Gasteiger partial charge in [0.15, 0.2) is 5.82 Å². The Labute approximate surface area is 141 Å². The number of halogens is 1. The molecule has 2 atom stereocenters. The summed E-state index contributed by atoms with van der Waals surface area (Å²) in [6, 6.07) is 6.71. The molecule has 0 N–H and O–H groups in total. The Kier molecular flexibility index (Phi) is 4.09. The van der Waals surface area contributed by atoms with Gasteiger partial charge in [-0.25, -0.2) is 0 Å². The molecule has 0 unspecified atom stereocenters. The van der Waals surface area contributed by atoms with Crippen molar-refractivity contribution in [2.24, 2.45) is 0 Å². The highest BCUT2D eigenvalue weighted by atomic mass is 35.5. The Balaban J connectivity index is 1.56. The van der Waals surface area contributed by atoms with E-state index in [2.05, 4.69) is 38.7 Å². The van der Waals surface area contributed by atoms with Gasteiger partial charge in [-0.3, -0.25) is 4.90 Å². The van der Waals surface area contributed by atoms with E-state index in [4.69, 9.17) is 16.3 Å². The van der Waals surface area contributed by atoms with Gasteiger partial charge in [0, 0.05) is 30.7 Å². The molecule has 0 amide bonds. The van der Waals surface area contributed by atoms with Gasteiger partial charge in [0.25, 0.3) is 0 Å². The highest BCUT2D eigenvalue weighted by Crippen LogP contribution is 2.40. The molecule has 6 heteroatoms. The molecule has 2 aromatic rings. The largest absolute Gasteiger partial charge is 0.368 e. The van der Waals surface area contributed by atoms with Gasteiger partial charge in [-0.15, -0.1) is 10.2 Å². The number of aryl methyl sites for hydroxylation is 1. The summed E-state index contributed by atoms with van der Waals surface area (Å²) in [5, 5.41) is 9.21. The lowest BCUT2D eigenvalue weighted by atomic mass is 10.1. The third-order valence-electron chi connectivity index (χ3n) is 4.99. The van der Waals surface area contributed by atoms with Gasteiger partial charge < -0.3 is 9.30 Å². The van der Waals surface area contributed by atoms with Crippen molar-refractivity contribution in [1.29, 1.82) is 0 Å². The Hall–Kier alpha value is -1.43. The summed E-state index contributed by atoms with van der Waals surface area (Å²) in [5.74, 6) is 0.932. The van der Waals surface area contributed by atoms with Crippen molar-refractivity contribution in [1.82, 2.24) is 19.7 Å². The summed E-state index contributed by atoms with van der Waals surface area (Å²) in [4.78, 5) is 2.52. The zero-order valence-corrected chi connectivity index (χ0v) is 14.0. The number of hydrogen-bond acceptors (Lipinski definition) is 4. The molecule has 2 aliphatic rings. The predicted octanol–water partition coefficient (Wildman–Crippen LogP) is 3.01. The van der Waals surface area contributed by atoms with Crippen LogP contribution >= 0.6 is 11.6 Å². The smallest absolute Gasteiger partial charge is 0.163 e. The lowest BCUT2D eigenvalue weighted by molar-refractivity contribution is -0.0508. The summed E-state index contributed by atoms with van der Waals surface area (Å²) in [6.07, 6.45) is 3.97. The van der Waals surface area contributed by atoms with Crippen molar-refractivity contribution >= 4 is 11.6 Å². The van der Waals surface area contributed by atoms with Crippen LogP contribution in [0.25, 0.3) is 0 Å². The molecule has 1 saturated heterocycles. The SMILES string of the molecule is CCn1cnnc1[C@H]1CN([C@@H]2CCc3c(Cl)cccc32)CCO1. The van der Waals surface area contributed by atoms with Crippen LogP contribution in [0, 0.1) is 0 Å². The lowest BCUT2D eigenvalue weighted by Gasteiger charge is -2.36. The predicted molar refractivity (Wildman–Crippen MR) is 88.5 cm³/mol. The van der Waals surface area contributed by atoms with Crippen LogP contribution in [0.4, 0.5) is 0 Å². The van der Waals surface area contributed by atoms with Gasteiger partial charge in [0.05, 0.1) is 6.61 Å². The summed E-state index contributed by atoms with van der Waals surface area (Å²) >= 11 is 6.36. The fourth-order valence-corrected chi connectivity index (χ4v) is 4.11. The zero-order chi connectivity index (χ0) is 15.8. The van der Waals surface area contributed by atoms with Gasteiger partial charge in [-0.2, -0.15) is 0 Å². The van der Waals surface area contributed by atoms with E-state index in [1.807, 2.05) is 6.07 Å². The Morgan fingerprint density at radius 3 is 3.17 bits per heavy atom. The van der Waals surface area contributed by atoms with Crippen LogP contribution < -0.4 is 0 Å². The van der Waals surface area contributed by atoms with Crippen molar-refractivity contribution in [3.05, 3.63) is 46.5 Å². The molecule has 0 bridgehead atoms. The molecule has 0 radical (unpaired) electrons. The van der Waals surface area contributed by atoms with Gasteiger partial charge in [0.1, 0.15) is 12.4 Å². The standard InChI is InChI=1S/C17H21ClN4O/c1-2-21-11-19-20-17(21)16-10-22(8-9-23-16)15-7-6-12-13(15)4-3-5-14(12)18/h3-5,11,15-16H,2,6-10H2,1H3/t15-,16-/m1/s1. The number of morpholine rings is 1. The van der Waals surface area contributed by atoms with Crippen LogP contribution in [-0.2, 0) is 17.7 Å². The molecule has 0 saturated carbocycles. The first kappa shape index (κ1) is 15.1. The minimum atomic E-state index is -0.00515. The van der Waals surface area contributed by atoms with Crippen LogP contribution in [0.5, 0.6) is 0 Å². The van der Waals surface area contributed by atoms with E-state index in [-0.39, 0.29) is 6.10 Å². The molecule has 1 aromatic heterocycles. The molecular weight excluding hydrogens is 312 g/mol. The topological polar surface area (TPSA) is 43.2 Å². The average Bonchev–Trinajstić information content (AvgIpc) is 3.22. The number of hydrogen-bond donors (Lipinski definition) is 0. The van der Waals surface area contributed by atoms with E-state index >= 15 is 0 Å². The fourth-order valence-electron chi connectivity index (χ4n) is 3.83. The molecule has 0 spiro atoms. The first-order valence-electron chi connectivity index (χ1n) is 8.28. The number of aromatic nitrogens is 3. The first-order valence-corrected chi connectivity index (χ1v) is 8.66. The first-order chi connectivity index (χ1) is 11.3. The highest BCUT2D eigenvalue weighted by molar-refractivity contribution is 6.31. The van der Waals surface area contributed by atoms with E-state index in [0.29, 0.717) is 6.04 Å². The van der Waals surface area contributed by atoms with E-state index in [0.717, 1.165) is 49.9 Å². The van der Waals surface area contributed by atoms with E-state index in [1.54, 1.807) is 6.33 Å². The summed E-state index contributed by atoms with van der Waals surface area (Å²) in [6.45, 7) is 5.50. The van der Waals surface area contributed by atoms with E-state index < -0.39 is 0 Å². The van der Waals surface area contributed by atoms with Crippen molar-refractivity contribution in [2.45, 2.75) is 38.5 Å². The number of rotatable bonds is 3. The maximum atomic E-state index is 6.36. The minimum Gasteiger partial charge on any atom is -0.368 e. The highest BCUT2D eigenvalue weighted by Gasteiger charge is 2.34. The van der Waals surface area contributed by atoms with Crippen LogP contribution in [0.3, 0.4) is 0 Å². The molecule has 1 aliphatic carbocycles. The zero-order valence-electron chi connectivity index (χ0n) is 13.3. The molecule has 1 aromatic carbocycles. The molecule has 4 rings (SSSR count). The third-order valence-corrected chi connectivity index (χ3v) is 5.35. The van der Waals surface area contributed by atoms with Crippen molar-refractivity contribution in [3.63, 3.8) is 0 Å². The Morgan fingerprint density at radius 1 is 1.39 bits per heavy atom. The minimum absolute atomic E-state index is 0.00515. The second kappa shape index (κ2) is 6.23. The maximum Gasteiger partial charge on any atom is 0.163 e. The monoisotopic (exact) mass is 332 g/mol.